The summed E-state index contributed by atoms with van der Waals surface area (Å²) in [5.74, 6) is 1.37. The van der Waals surface area contributed by atoms with E-state index in [9.17, 15) is 9.90 Å². The summed E-state index contributed by atoms with van der Waals surface area (Å²) >= 11 is 1.73. The van der Waals surface area contributed by atoms with Crippen molar-refractivity contribution in [3.05, 3.63) is 58.8 Å². The van der Waals surface area contributed by atoms with E-state index < -0.39 is 6.10 Å². The molecule has 3 rings (SSSR count). The van der Waals surface area contributed by atoms with Gasteiger partial charge in [0, 0.05) is 24.5 Å². The third-order valence-corrected chi connectivity index (χ3v) is 6.15. The number of ether oxygens (including phenoxy) is 2. The Morgan fingerprint density at radius 2 is 2.17 bits per heavy atom. The molecule has 0 unspecified atom stereocenters. The summed E-state index contributed by atoms with van der Waals surface area (Å²) in [5, 5.41) is 11.8. The summed E-state index contributed by atoms with van der Waals surface area (Å²) in [7, 11) is 1.62. The van der Waals surface area contributed by atoms with E-state index in [1.807, 2.05) is 34.1 Å². The summed E-state index contributed by atoms with van der Waals surface area (Å²) in [6.45, 7) is 7.72. The topological polar surface area (TPSA) is 62.2 Å². The van der Waals surface area contributed by atoms with Crippen LogP contribution in [0.1, 0.15) is 23.4 Å². The zero-order valence-electron chi connectivity index (χ0n) is 17.6. The number of aliphatic hydroxyl groups excluding tert-OH is 1. The number of amides is 1. The molecule has 0 saturated heterocycles. The fourth-order valence-corrected chi connectivity index (χ4v) is 4.75. The quantitative estimate of drug-likeness (QED) is 0.587. The van der Waals surface area contributed by atoms with Gasteiger partial charge in [-0.3, -0.25) is 9.69 Å². The van der Waals surface area contributed by atoms with Gasteiger partial charge in [-0.25, -0.2) is 0 Å². The Hall–Kier alpha value is -2.35. The third kappa shape index (κ3) is 5.41. The second-order valence-corrected chi connectivity index (χ2v) is 8.45. The smallest absolute Gasteiger partial charge is 0.237 e. The minimum Gasteiger partial charge on any atom is -0.493 e. The molecule has 1 aromatic heterocycles. The number of hydrogen-bond acceptors (Lipinski definition) is 6. The van der Waals surface area contributed by atoms with E-state index in [2.05, 4.69) is 18.0 Å². The van der Waals surface area contributed by atoms with Crippen molar-refractivity contribution in [2.24, 2.45) is 0 Å². The number of nitrogens with zero attached hydrogens (tertiary/aromatic N) is 2. The molecule has 0 fully saturated rings. The molecule has 2 heterocycles. The first-order chi connectivity index (χ1) is 14.5. The number of hydrogen-bond donors (Lipinski definition) is 1. The van der Waals surface area contributed by atoms with Crippen molar-refractivity contribution in [3.8, 4) is 11.5 Å². The maximum atomic E-state index is 13.2. The van der Waals surface area contributed by atoms with Gasteiger partial charge in [-0.05, 0) is 42.5 Å². The maximum Gasteiger partial charge on any atom is 0.237 e. The number of benzene rings is 1. The van der Waals surface area contributed by atoms with E-state index in [-0.39, 0.29) is 18.5 Å². The molecule has 1 N–H and O–H groups in total. The van der Waals surface area contributed by atoms with E-state index in [0.717, 1.165) is 12.0 Å². The lowest BCUT2D eigenvalue weighted by Gasteiger charge is -2.37. The molecule has 1 amide bonds. The second-order valence-electron chi connectivity index (χ2n) is 7.45. The number of para-hydroxylation sites is 2. The van der Waals surface area contributed by atoms with Crippen LogP contribution in [0.15, 0.2) is 48.4 Å². The molecule has 2 aromatic rings. The lowest BCUT2D eigenvalue weighted by atomic mass is 10.0. The molecule has 0 saturated carbocycles. The minimum absolute atomic E-state index is 0.0305. The first-order valence-corrected chi connectivity index (χ1v) is 11.0. The Kier molecular flexibility index (Phi) is 7.90. The molecule has 0 bridgehead atoms. The molecule has 1 aromatic carbocycles. The number of rotatable bonds is 10. The van der Waals surface area contributed by atoms with Crippen LogP contribution >= 0.6 is 11.3 Å². The molecule has 0 spiro atoms. The van der Waals surface area contributed by atoms with Crippen molar-refractivity contribution in [3.63, 3.8) is 0 Å². The standard InChI is InChI=1S/C23H30N2O4S/c1-4-11-24(14-17(2)26)15-23(27)25-12-9-22-18(10-13-30-22)19(25)16-29-21-8-6-5-7-20(21)28-3/h4-8,10,13,17,19,26H,1,9,11-12,14-16H2,2-3H3/t17-,19+/m0/s1. The van der Waals surface area contributed by atoms with Crippen LogP contribution in [0.4, 0.5) is 0 Å². The molecule has 30 heavy (non-hydrogen) atoms. The van der Waals surface area contributed by atoms with Gasteiger partial charge in [0.2, 0.25) is 5.91 Å². The van der Waals surface area contributed by atoms with Gasteiger partial charge >= 0.3 is 0 Å². The molecular weight excluding hydrogens is 400 g/mol. The molecule has 0 aliphatic carbocycles. The number of carbonyl (C=O) groups excluding carboxylic acids is 1. The second kappa shape index (κ2) is 10.6. The molecule has 1 aliphatic rings. The highest BCUT2D eigenvalue weighted by atomic mass is 32.1. The van der Waals surface area contributed by atoms with Crippen molar-refractivity contribution in [1.29, 1.82) is 0 Å². The zero-order valence-corrected chi connectivity index (χ0v) is 18.4. The number of aliphatic hydroxyl groups is 1. The first-order valence-electron chi connectivity index (χ1n) is 10.2. The predicted molar refractivity (Wildman–Crippen MR) is 119 cm³/mol. The zero-order chi connectivity index (χ0) is 21.5. The van der Waals surface area contributed by atoms with Gasteiger partial charge in [0.15, 0.2) is 11.5 Å². The van der Waals surface area contributed by atoms with Gasteiger partial charge in [-0.1, -0.05) is 18.2 Å². The highest BCUT2D eigenvalue weighted by Gasteiger charge is 2.33. The Morgan fingerprint density at radius 1 is 1.40 bits per heavy atom. The van der Waals surface area contributed by atoms with Crippen molar-refractivity contribution in [2.75, 3.05) is 39.9 Å². The largest absolute Gasteiger partial charge is 0.493 e. The third-order valence-electron chi connectivity index (χ3n) is 5.15. The summed E-state index contributed by atoms with van der Waals surface area (Å²) in [6.07, 6.45) is 2.10. The number of fused-ring (bicyclic) bond motifs is 1. The van der Waals surface area contributed by atoms with Gasteiger partial charge in [-0.2, -0.15) is 0 Å². The number of carbonyl (C=O) groups is 1. The molecule has 162 valence electrons. The van der Waals surface area contributed by atoms with E-state index in [1.165, 1.54) is 4.88 Å². The molecule has 7 heteroatoms. The molecule has 1 aliphatic heterocycles. The fourth-order valence-electron chi connectivity index (χ4n) is 3.82. The number of methoxy groups -OCH3 is 1. The summed E-state index contributed by atoms with van der Waals surface area (Å²) < 4.78 is 11.5. The molecule has 0 radical (unpaired) electrons. The average Bonchev–Trinajstić information content (AvgIpc) is 3.21. The summed E-state index contributed by atoms with van der Waals surface area (Å²) in [5.41, 5.74) is 1.15. The minimum atomic E-state index is -0.507. The van der Waals surface area contributed by atoms with Crippen LogP contribution in [0.5, 0.6) is 11.5 Å². The predicted octanol–water partition coefficient (Wildman–Crippen LogP) is 3.13. The van der Waals surface area contributed by atoms with Crippen LogP contribution in [0.25, 0.3) is 0 Å². The van der Waals surface area contributed by atoms with Crippen LogP contribution in [0.3, 0.4) is 0 Å². The fraction of sp³-hybridized carbons (Fsp3) is 0.435. The SMILES string of the molecule is C=CCN(CC(=O)N1CCc2sccc2[C@H]1COc1ccccc1OC)C[C@H](C)O. The monoisotopic (exact) mass is 430 g/mol. The van der Waals surface area contributed by atoms with Crippen molar-refractivity contribution in [1.82, 2.24) is 9.80 Å². The first kappa shape index (κ1) is 22.3. The number of thiophene rings is 1. The molecule has 6 nitrogen and oxygen atoms in total. The normalized spacial score (nSPS) is 16.8. The maximum absolute atomic E-state index is 13.2. The summed E-state index contributed by atoms with van der Waals surface area (Å²) in [6, 6.07) is 9.47. The van der Waals surface area contributed by atoms with Gasteiger partial charge in [-0.15, -0.1) is 17.9 Å². The van der Waals surface area contributed by atoms with Crippen LogP contribution in [0, 0.1) is 0 Å². The average molecular weight is 431 g/mol. The van der Waals surface area contributed by atoms with Gasteiger partial charge < -0.3 is 19.5 Å². The van der Waals surface area contributed by atoms with Crippen molar-refractivity contribution < 1.29 is 19.4 Å². The highest BCUT2D eigenvalue weighted by Crippen LogP contribution is 2.35. The highest BCUT2D eigenvalue weighted by molar-refractivity contribution is 7.10. The Labute approximate surface area is 182 Å². The van der Waals surface area contributed by atoms with E-state index in [4.69, 9.17) is 9.47 Å². The molecule has 2 atom stereocenters. The lowest BCUT2D eigenvalue weighted by molar-refractivity contribution is -0.136. The van der Waals surface area contributed by atoms with Crippen LogP contribution in [0.2, 0.25) is 0 Å². The summed E-state index contributed by atoms with van der Waals surface area (Å²) in [4.78, 5) is 18.4. The van der Waals surface area contributed by atoms with Gasteiger partial charge in [0.05, 0.1) is 25.8 Å². The van der Waals surface area contributed by atoms with Crippen LogP contribution in [-0.4, -0.2) is 66.8 Å². The Bertz CT molecular complexity index is 851. The Morgan fingerprint density at radius 3 is 2.87 bits per heavy atom. The van der Waals surface area contributed by atoms with Gasteiger partial charge in [0.25, 0.3) is 0 Å². The van der Waals surface area contributed by atoms with Crippen LogP contribution in [-0.2, 0) is 11.2 Å². The van der Waals surface area contributed by atoms with E-state index in [0.29, 0.717) is 37.7 Å². The molecular formula is C23H30N2O4S. The lowest BCUT2D eigenvalue weighted by Crippen LogP contribution is -2.47. The van der Waals surface area contributed by atoms with Crippen molar-refractivity contribution in [2.45, 2.75) is 25.5 Å². The van der Waals surface area contributed by atoms with Gasteiger partial charge in [0.1, 0.15) is 6.61 Å². The van der Waals surface area contributed by atoms with Crippen LogP contribution < -0.4 is 9.47 Å². The van der Waals surface area contributed by atoms with E-state index >= 15 is 0 Å². The van der Waals surface area contributed by atoms with Crippen molar-refractivity contribution >= 4 is 17.2 Å². The Balaban J connectivity index is 1.76. The van der Waals surface area contributed by atoms with E-state index in [1.54, 1.807) is 31.4 Å².